The number of urea groups is 1. The number of ether oxygens (including phenoxy) is 2. The molecule has 6 heteroatoms. The molecule has 0 heterocycles. The molecule has 0 atom stereocenters. The summed E-state index contributed by atoms with van der Waals surface area (Å²) in [5.41, 5.74) is 6.21. The Morgan fingerprint density at radius 2 is 1.73 bits per heavy atom. The van der Waals surface area contributed by atoms with Crippen molar-refractivity contribution in [2.45, 2.75) is 20.5 Å². The van der Waals surface area contributed by atoms with Crippen molar-refractivity contribution in [3.63, 3.8) is 0 Å². The highest BCUT2D eigenvalue weighted by molar-refractivity contribution is 5.90. The van der Waals surface area contributed by atoms with E-state index in [0.717, 1.165) is 11.1 Å². The first-order valence-electron chi connectivity index (χ1n) is 9.74. The summed E-state index contributed by atoms with van der Waals surface area (Å²) in [5.74, 6) is 1.28. The van der Waals surface area contributed by atoms with Crippen molar-refractivity contribution in [3.05, 3.63) is 89.5 Å². The van der Waals surface area contributed by atoms with Crippen LogP contribution in [0.3, 0.4) is 0 Å². The summed E-state index contributed by atoms with van der Waals surface area (Å²) >= 11 is 0. The number of hydrazone groups is 1. The lowest BCUT2D eigenvalue weighted by Gasteiger charge is -2.13. The smallest absolute Gasteiger partial charge is 0.339 e. The number of carbonyl (C=O) groups is 1. The van der Waals surface area contributed by atoms with Gasteiger partial charge in [-0.25, -0.2) is 10.2 Å². The zero-order chi connectivity index (χ0) is 21.2. The summed E-state index contributed by atoms with van der Waals surface area (Å²) in [6, 6.07) is 22.5. The van der Waals surface area contributed by atoms with E-state index in [2.05, 4.69) is 34.9 Å². The highest BCUT2D eigenvalue weighted by atomic mass is 16.5. The molecule has 154 valence electrons. The van der Waals surface area contributed by atoms with Crippen LogP contribution in [0.1, 0.15) is 23.6 Å². The molecule has 0 aliphatic carbocycles. The molecule has 0 aliphatic heterocycles. The van der Waals surface area contributed by atoms with E-state index < -0.39 is 6.03 Å². The van der Waals surface area contributed by atoms with Crippen LogP contribution in [0.15, 0.2) is 77.9 Å². The van der Waals surface area contributed by atoms with Gasteiger partial charge in [0, 0.05) is 5.69 Å². The van der Waals surface area contributed by atoms with Gasteiger partial charge in [-0.3, -0.25) is 0 Å². The van der Waals surface area contributed by atoms with Crippen LogP contribution in [0.5, 0.6) is 11.5 Å². The third-order valence-electron chi connectivity index (χ3n) is 4.19. The summed E-state index contributed by atoms with van der Waals surface area (Å²) in [7, 11) is 0. The van der Waals surface area contributed by atoms with Crippen LogP contribution >= 0.6 is 0 Å². The van der Waals surface area contributed by atoms with Gasteiger partial charge in [0.2, 0.25) is 0 Å². The van der Waals surface area contributed by atoms with E-state index in [1.165, 1.54) is 5.56 Å². The number of nitrogens with zero attached hydrogens (tertiary/aromatic N) is 1. The minimum absolute atomic E-state index is 0.416. The fraction of sp³-hybridized carbons (Fsp3) is 0.167. The van der Waals surface area contributed by atoms with Gasteiger partial charge >= 0.3 is 6.03 Å². The first-order chi connectivity index (χ1) is 14.6. The lowest BCUT2D eigenvalue weighted by molar-refractivity contribution is 0.252. The van der Waals surface area contributed by atoms with E-state index in [4.69, 9.17) is 9.47 Å². The quantitative estimate of drug-likeness (QED) is 0.405. The van der Waals surface area contributed by atoms with Gasteiger partial charge in [0.25, 0.3) is 0 Å². The fourth-order valence-electron chi connectivity index (χ4n) is 2.68. The van der Waals surface area contributed by atoms with E-state index in [0.29, 0.717) is 30.4 Å². The second-order valence-corrected chi connectivity index (χ2v) is 6.60. The number of para-hydroxylation sites is 1. The highest BCUT2D eigenvalue weighted by Crippen LogP contribution is 2.29. The van der Waals surface area contributed by atoms with Crippen molar-refractivity contribution in [2.75, 3.05) is 11.9 Å². The van der Waals surface area contributed by atoms with Crippen LogP contribution < -0.4 is 20.2 Å². The Balaban J connectivity index is 1.60. The second kappa shape index (κ2) is 10.7. The molecule has 3 aromatic carbocycles. The zero-order valence-corrected chi connectivity index (χ0v) is 17.1. The maximum absolute atomic E-state index is 11.9. The summed E-state index contributed by atoms with van der Waals surface area (Å²) in [4.78, 5) is 11.9. The SMILES string of the molecule is CCOc1cc(/C=N/NC(=O)Nc2ccccc2)ccc1OCc1ccc(C)cc1. The monoisotopic (exact) mass is 403 g/mol. The molecule has 3 rings (SSSR count). The Labute approximate surface area is 176 Å². The number of amides is 2. The Bertz CT molecular complexity index is 986. The summed E-state index contributed by atoms with van der Waals surface area (Å²) in [5, 5.41) is 6.68. The molecule has 0 aliphatic rings. The predicted octanol–water partition coefficient (Wildman–Crippen LogP) is 5.13. The summed E-state index contributed by atoms with van der Waals surface area (Å²) in [6.45, 7) is 4.94. The molecule has 0 fully saturated rings. The third-order valence-corrected chi connectivity index (χ3v) is 4.19. The van der Waals surface area contributed by atoms with Gasteiger partial charge in [0.15, 0.2) is 11.5 Å². The van der Waals surface area contributed by atoms with E-state index in [9.17, 15) is 4.79 Å². The molecule has 3 aromatic rings. The van der Waals surface area contributed by atoms with Crippen molar-refractivity contribution in [1.82, 2.24) is 5.43 Å². The minimum atomic E-state index is -0.416. The standard InChI is InChI=1S/C24H25N3O3/c1-3-29-23-15-20(16-25-27-24(28)26-21-7-5-4-6-8-21)13-14-22(23)30-17-19-11-9-18(2)10-12-19/h4-16H,3,17H2,1-2H3,(H2,26,27,28)/b25-16+. The molecule has 0 saturated carbocycles. The molecular weight excluding hydrogens is 378 g/mol. The largest absolute Gasteiger partial charge is 0.490 e. The average molecular weight is 403 g/mol. The number of aryl methyl sites for hydroxylation is 1. The predicted molar refractivity (Wildman–Crippen MR) is 119 cm³/mol. The number of rotatable bonds is 8. The van der Waals surface area contributed by atoms with Gasteiger partial charge in [-0.2, -0.15) is 5.10 Å². The first-order valence-corrected chi connectivity index (χ1v) is 9.74. The molecule has 0 aromatic heterocycles. The zero-order valence-electron chi connectivity index (χ0n) is 17.1. The maximum atomic E-state index is 11.9. The van der Waals surface area contributed by atoms with Gasteiger partial charge in [-0.1, -0.05) is 48.0 Å². The topological polar surface area (TPSA) is 72.0 Å². The molecule has 2 N–H and O–H groups in total. The average Bonchev–Trinajstić information content (AvgIpc) is 2.75. The van der Waals surface area contributed by atoms with Gasteiger partial charge in [-0.05, 0) is 55.3 Å². The number of benzene rings is 3. The van der Waals surface area contributed by atoms with Gasteiger partial charge in [-0.15, -0.1) is 0 Å². The fourth-order valence-corrected chi connectivity index (χ4v) is 2.68. The molecular formula is C24H25N3O3. The second-order valence-electron chi connectivity index (χ2n) is 6.60. The lowest BCUT2D eigenvalue weighted by atomic mass is 10.2. The molecule has 0 spiro atoms. The Morgan fingerprint density at radius 1 is 0.967 bits per heavy atom. The van der Waals surface area contributed by atoms with E-state index in [1.54, 1.807) is 18.3 Å². The Morgan fingerprint density at radius 3 is 2.47 bits per heavy atom. The van der Waals surface area contributed by atoms with Crippen LogP contribution in [0, 0.1) is 6.92 Å². The number of carbonyl (C=O) groups excluding carboxylic acids is 1. The maximum Gasteiger partial charge on any atom is 0.339 e. The van der Waals surface area contributed by atoms with Crippen molar-refractivity contribution in [2.24, 2.45) is 5.10 Å². The Kier molecular flexibility index (Phi) is 7.44. The van der Waals surface area contributed by atoms with Crippen LogP contribution in [0.4, 0.5) is 10.5 Å². The van der Waals surface area contributed by atoms with Crippen LogP contribution in [-0.4, -0.2) is 18.9 Å². The summed E-state index contributed by atoms with van der Waals surface area (Å²) < 4.78 is 11.6. The van der Waals surface area contributed by atoms with E-state index in [-0.39, 0.29) is 0 Å². The van der Waals surface area contributed by atoms with Crippen molar-refractivity contribution in [3.8, 4) is 11.5 Å². The number of nitrogens with one attached hydrogen (secondary N) is 2. The molecule has 0 radical (unpaired) electrons. The Hall–Kier alpha value is -3.80. The molecule has 0 bridgehead atoms. The van der Waals surface area contributed by atoms with Crippen molar-refractivity contribution >= 4 is 17.9 Å². The molecule has 2 amide bonds. The first kappa shape index (κ1) is 20.9. The number of anilines is 1. The summed E-state index contributed by atoms with van der Waals surface area (Å²) in [6.07, 6.45) is 1.55. The lowest BCUT2D eigenvalue weighted by Crippen LogP contribution is -2.24. The normalized spacial score (nSPS) is 10.6. The third kappa shape index (κ3) is 6.38. The van der Waals surface area contributed by atoms with Crippen LogP contribution in [0.2, 0.25) is 0 Å². The van der Waals surface area contributed by atoms with Crippen molar-refractivity contribution in [1.29, 1.82) is 0 Å². The van der Waals surface area contributed by atoms with Crippen molar-refractivity contribution < 1.29 is 14.3 Å². The van der Waals surface area contributed by atoms with Gasteiger partial charge < -0.3 is 14.8 Å². The number of hydrogen-bond acceptors (Lipinski definition) is 4. The van der Waals surface area contributed by atoms with Gasteiger partial charge in [0.1, 0.15) is 6.61 Å². The minimum Gasteiger partial charge on any atom is -0.490 e. The molecule has 0 unspecified atom stereocenters. The molecule has 30 heavy (non-hydrogen) atoms. The van der Waals surface area contributed by atoms with Crippen LogP contribution in [0.25, 0.3) is 0 Å². The van der Waals surface area contributed by atoms with E-state index >= 15 is 0 Å². The van der Waals surface area contributed by atoms with Crippen LogP contribution in [-0.2, 0) is 6.61 Å². The molecule has 6 nitrogen and oxygen atoms in total. The van der Waals surface area contributed by atoms with Gasteiger partial charge in [0.05, 0.1) is 12.8 Å². The molecule has 0 saturated heterocycles. The highest BCUT2D eigenvalue weighted by Gasteiger charge is 2.07. The van der Waals surface area contributed by atoms with E-state index in [1.807, 2.05) is 55.5 Å². The number of hydrogen-bond donors (Lipinski definition) is 2.